The van der Waals surface area contributed by atoms with Gasteiger partial charge in [-0.1, -0.05) is 51.1 Å². The Kier molecular flexibility index (Phi) is 6.09. The summed E-state index contributed by atoms with van der Waals surface area (Å²) in [5, 5.41) is 4.80. The molecule has 26 heavy (non-hydrogen) atoms. The van der Waals surface area contributed by atoms with Crippen molar-refractivity contribution in [2.24, 2.45) is 0 Å². The molecule has 5 heteroatoms. The zero-order chi connectivity index (χ0) is 18.5. The molecular formula is C21H30N4O. The number of nitrogens with zero attached hydrogens (tertiary/aromatic N) is 4. The zero-order valence-corrected chi connectivity index (χ0v) is 16.2. The first-order chi connectivity index (χ1) is 12.7. The van der Waals surface area contributed by atoms with Gasteiger partial charge in [0.1, 0.15) is 0 Å². The molecule has 5 nitrogen and oxygen atoms in total. The highest BCUT2D eigenvalue weighted by atomic mass is 16.2. The molecule has 1 saturated heterocycles. The van der Waals surface area contributed by atoms with Crippen LogP contribution in [-0.2, 0) is 19.4 Å². The van der Waals surface area contributed by atoms with Gasteiger partial charge >= 0.3 is 0 Å². The number of hydrogen-bond donors (Lipinski definition) is 0. The van der Waals surface area contributed by atoms with Crippen molar-refractivity contribution in [1.29, 1.82) is 0 Å². The van der Waals surface area contributed by atoms with Gasteiger partial charge < -0.3 is 9.80 Å². The maximum atomic E-state index is 13.3. The SMILES string of the molecule is CCc1nn(Cc2ccccc2)c(CC)c1C(=O)N1CCN(CC)CC1. The van der Waals surface area contributed by atoms with Gasteiger partial charge in [-0.2, -0.15) is 5.10 Å². The number of aromatic nitrogens is 2. The number of likely N-dealkylation sites (N-methyl/N-ethyl adjacent to an activating group) is 1. The number of rotatable bonds is 6. The minimum atomic E-state index is 0.161. The summed E-state index contributed by atoms with van der Waals surface area (Å²) < 4.78 is 2.03. The maximum absolute atomic E-state index is 13.3. The van der Waals surface area contributed by atoms with Crippen molar-refractivity contribution in [1.82, 2.24) is 19.6 Å². The van der Waals surface area contributed by atoms with Crippen LogP contribution in [0.15, 0.2) is 30.3 Å². The van der Waals surface area contributed by atoms with Gasteiger partial charge in [-0.3, -0.25) is 9.48 Å². The van der Waals surface area contributed by atoms with E-state index in [2.05, 4.69) is 37.8 Å². The average molecular weight is 354 g/mol. The van der Waals surface area contributed by atoms with Gasteiger partial charge in [0.2, 0.25) is 0 Å². The van der Waals surface area contributed by atoms with E-state index in [0.29, 0.717) is 6.54 Å². The molecule has 3 rings (SSSR count). The summed E-state index contributed by atoms with van der Waals surface area (Å²) >= 11 is 0. The van der Waals surface area contributed by atoms with E-state index in [-0.39, 0.29) is 5.91 Å². The fourth-order valence-electron chi connectivity index (χ4n) is 3.72. The Morgan fingerprint density at radius 1 is 1.00 bits per heavy atom. The Hall–Kier alpha value is -2.14. The molecule has 0 aliphatic carbocycles. The summed E-state index contributed by atoms with van der Waals surface area (Å²) in [6.07, 6.45) is 1.60. The van der Waals surface area contributed by atoms with Crippen molar-refractivity contribution >= 4 is 5.91 Å². The summed E-state index contributed by atoms with van der Waals surface area (Å²) in [7, 11) is 0. The van der Waals surface area contributed by atoms with E-state index >= 15 is 0 Å². The van der Waals surface area contributed by atoms with E-state index < -0.39 is 0 Å². The lowest BCUT2D eigenvalue weighted by Gasteiger charge is -2.34. The molecule has 2 heterocycles. The first-order valence-electron chi connectivity index (χ1n) is 9.81. The van der Waals surface area contributed by atoms with Gasteiger partial charge in [0.25, 0.3) is 5.91 Å². The Labute approximate surface area is 156 Å². The molecule has 1 aromatic carbocycles. The number of benzene rings is 1. The molecule has 1 aromatic heterocycles. The molecule has 0 radical (unpaired) electrons. The van der Waals surface area contributed by atoms with Gasteiger partial charge in [0.15, 0.2) is 0 Å². The highest BCUT2D eigenvalue weighted by molar-refractivity contribution is 5.96. The molecule has 0 unspecified atom stereocenters. The van der Waals surface area contributed by atoms with Crippen LogP contribution in [-0.4, -0.2) is 58.2 Å². The third-order valence-corrected chi connectivity index (χ3v) is 5.30. The zero-order valence-electron chi connectivity index (χ0n) is 16.2. The summed E-state index contributed by atoms with van der Waals surface area (Å²) in [4.78, 5) is 17.7. The van der Waals surface area contributed by atoms with Crippen LogP contribution in [0.25, 0.3) is 0 Å². The average Bonchev–Trinajstić information content (AvgIpc) is 3.05. The number of aryl methyl sites for hydroxylation is 1. The third-order valence-electron chi connectivity index (χ3n) is 5.30. The van der Waals surface area contributed by atoms with Crippen molar-refractivity contribution in [3.05, 3.63) is 52.8 Å². The van der Waals surface area contributed by atoms with Crippen LogP contribution in [0.2, 0.25) is 0 Å². The molecule has 0 bridgehead atoms. The number of carbonyl (C=O) groups is 1. The lowest BCUT2D eigenvalue weighted by Crippen LogP contribution is -2.48. The van der Waals surface area contributed by atoms with Crippen molar-refractivity contribution < 1.29 is 4.79 Å². The standard InChI is InChI=1S/C21H30N4O/c1-4-18-20(21(26)24-14-12-23(6-3)13-15-24)19(5-2)25(22-18)16-17-10-8-7-9-11-17/h7-11H,4-6,12-16H2,1-3H3. The van der Waals surface area contributed by atoms with Crippen LogP contribution in [0.5, 0.6) is 0 Å². The number of amides is 1. The van der Waals surface area contributed by atoms with Gasteiger partial charge in [0.05, 0.1) is 23.5 Å². The van der Waals surface area contributed by atoms with Crippen LogP contribution >= 0.6 is 0 Å². The fraction of sp³-hybridized carbons (Fsp3) is 0.524. The van der Waals surface area contributed by atoms with Gasteiger partial charge in [0, 0.05) is 26.2 Å². The first kappa shape index (κ1) is 18.6. The smallest absolute Gasteiger partial charge is 0.257 e. The van der Waals surface area contributed by atoms with Gasteiger partial charge in [-0.15, -0.1) is 0 Å². The number of hydrogen-bond acceptors (Lipinski definition) is 3. The molecule has 0 saturated carbocycles. The van der Waals surface area contributed by atoms with Crippen LogP contribution in [0.3, 0.4) is 0 Å². The lowest BCUT2D eigenvalue weighted by molar-refractivity contribution is 0.0641. The Bertz CT molecular complexity index is 730. The molecule has 1 aliphatic rings. The fourth-order valence-corrected chi connectivity index (χ4v) is 3.72. The van der Waals surface area contributed by atoms with E-state index in [1.54, 1.807) is 0 Å². The normalized spacial score (nSPS) is 15.4. The molecule has 0 atom stereocenters. The molecule has 140 valence electrons. The Morgan fingerprint density at radius 3 is 2.27 bits per heavy atom. The van der Waals surface area contributed by atoms with Crippen LogP contribution < -0.4 is 0 Å². The Morgan fingerprint density at radius 2 is 1.69 bits per heavy atom. The predicted molar refractivity (Wildman–Crippen MR) is 105 cm³/mol. The van der Waals surface area contributed by atoms with Crippen LogP contribution in [0, 0.1) is 0 Å². The molecular weight excluding hydrogens is 324 g/mol. The van der Waals surface area contributed by atoms with E-state index in [1.165, 1.54) is 5.56 Å². The van der Waals surface area contributed by atoms with Crippen LogP contribution in [0.1, 0.15) is 48.1 Å². The summed E-state index contributed by atoms with van der Waals surface area (Å²) in [5.74, 6) is 0.161. The van der Waals surface area contributed by atoms with E-state index in [4.69, 9.17) is 5.10 Å². The van der Waals surface area contributed by atoms with Crippen molar-refractivity contribution in [3.63, 3.8) is 0 Å². The molecule has 2 aromatic rings. The summed E-state index contributed by atoms with van der Waals surface area (Å²) in [6, 6.07) is 10.3. The van der Waals surface area contributed by atoms with Crippen molar-refractivity contribution in [3.8, 4) is 0 Å². The van der Waals surface area contributed by atoms with Crippen molar-refractivity contribution in [2.75, 3.05) is 32.7 Å². The summed E-state index contributed by atoms with van der Waals surface area (Å²) in [6.45, 7) is 11.7. The largest absolute Gasteiger partial charge is 0.336 e. The lowest BCUT2D eigenvalue weighted by atomic mass is 10.1. The quantitative estimate of drug-likeness (QED) is 0.801. The highest BCUT2D eigenvalue weighted by Crippen LogP contribution is 2.21. The van der Waals surface area contributed by atoms with E-state index in [1.807, 2.05) is 27.8 Å². The first-order valence-corrected chi connectivity index (χ1v) is 9.81. The van der Waals surface area contributed by atoms with Crippen LogP contribution in [0.4, 0.5) is 0 Å². The molecule has 0 spiro atoms. The minimum absolute atomic E-state index is 0.161. The molecule has 1 amide bonds. The minimum Gasteiger partial charge on any atom is -0.336 e. The second-order valence-electron chi connectivity index (χ2n) is 6.85. The molecule has 0 N–H and O–H groups in total. The second-order valence-corrected chi connectivity index (χ2v) is 6.85. The summed E-state index contributed by atoms with van der Waals surface area (Å²) in [5.41, 5.74) is 4.05. The maximum Gasteiger partial charge on any atom is 0.257 e. The molecule has 1 fully saturated rings. The molecule has 1 aliphatic heterocycles. The monoisotopic (exact) mass is 354 g/mol. The topological polar surface area (TPSA) is 41.4 Å². The second kappa shape index (κ2) is 8.49. The van der Waals surface area contributed by atoms with E-state index in [0.717, 1.165) is 62.5 Å². The Balaban J connectivity index is 1.87. The van der Waals surface area contributed by atoms with Gasteiger partial charge in [-0.05, 0) is 24.9 Å². The van der Waals surface area contributed by atoms with Crippen molar-refractivity contribution in [2.45, 2.75) is 40.2 Å². The third kappa shape index (κ3) is 3.83. The number of carbonyl (C=O) groups excluding carboxylic acids is 1. The number of piperazine rings is 1. The van der Waals surface area contributed by atoms with Gasteiger partial charge in [-0.25, -0.2) is 0 Å². The predicted octanol–water partition coefficient (Wildman–Crippen LogP) is 2.83. The van der Waals surface area contributed by atoms with E-state index in [9.17, 15) is 4.79 Å². The highest BCUT2D eigenvalue weighted by Gasteiger charge is 2.28.